The third-order valence-electron chi connectivity index (χ3n) is 9.35. The minimum atomic E-state index is 0.658. The first kappa shape index (κ1) is 27.8. The van der Waals surface area contributed by atoms with Crippen LogP contribution < -0.4 is 0 Å². The van der Waals surface area contributed by atoms with Crippen molar-refractivity contribution in [1.82, 2.24) is 19.9 Å². The summed E-state index contributed by atoms with van der Waals surface area (Å²) >= 11 is 1.81. The van der Waals surface area contributed by atoms with Crippen LogP contribution in [0.1, 0.15) is 0 Å². The zero-order valence-corrected chi connectivity index (χ0v) is 27.0. The molecule has 7 aromatic carbocycles. The summed E-state index contributed by atoms with van der Waals surface area (Å²) in [5, 5.41) is 6.60. The number of benzene rings is 7. The number of fused-ring (bicyclic) bond motifs is 9. The first-order valence-corrected chi connectivity index (χ1v) is 17.1. The number of aromatic nitrogens is 4. The van der Waals surface area contributed by atoms with Crippen LogP contribution in [0, 0.1) is 0 Å². The molecule has 0 saturated carbocycles. The first-order chi connectivity index (χ1) is 24.3. The Morgan fingerprint density at radius 2 is 0.816 bits per heavy atom. The summed E-state index contributed by atoms with van der Waals surface area (Å²) in [5.74, 6) is 1.34. The van der Waals surface area contributed by atoms with Crippen LogP contribution >= 0.6 is 11.3 Å². The van der Waals surface area contributed by atoms with Crippen LogP contribution in [0.5, 0.6) is 0 Å². The maximum Gasteiger partial charge on any atom is 0.159 e. The van der Waals surface area contributed by atoms with E-state index in [1.165, 1.54) is 20.2 Å². The predicted molar refractivity (Wildman–Crippen MR) is 205 cm³/mol. The summed E-state index contributed by atoms with van der Waals surface area (Å²) in [6.07, 6.45) is 3.92. The molecular weight excluding hydrogens is 617 g/mol. The minimum absolute atomic E-state index is 0.658. The zero-order chi connectivity index (χ0) is 32.3. The van der Waals surface area contributed by atoms with Crippen molar-refractivity contribution in [2.75, 3.05) is 0 Å². The highest BCUT2D eigenvalue weighted by atomic mass is 32.1. The molecule has 49 heavy (non-hydrogen) atoms. The second kappa shape index (κ2) is 11.2. The summed E-state index contributed by atoms with van der Waals surface area (Å²) in [5.41, 5.74) is 8.09. The third-order valence-corrected chi connectivity index (χ3v) is 10.5. The lowest BCUT2D eigenvalue weighted by Crippen LogP contribution is -1.97. The van der Waals surface area contributed by atoms with Crippen molar-refractivity contribution < 1.29 is 0 Å². The molecule has 0 aliphatic rings. The molecule has 4 nitrogen and oxygen atoms in total. The highest BCUT2D eigenvalue weighted by Gasteiger charge is 2.17. The van der Waals surface area contributed by atoms with Crippen molar-refractivity contribution in [3.8, 4) is 45.0 Å². The molecule has 228 valence electrons. The molecule has 3 aromatic heterocycles. The van der Waals surface area contributed by atoms with E-state index >= 15 is 0 Å². The Balaban J connectivity index is 1.21. The Kier molecular flexibility index (Phi) is 6.32. The molecule has 0 N–H and O–H groups in total. The van der Waals surface area contributed by atoms with Gasteiger partial charge in [-0.25, -0.2) is 19.9 Å². The van der Waals surface area contributed by atoms with Crippen LogP contribution in [0.4, 0.5) is 0 Å². The van der Waals surface area contributed by atoms with Gasteiger partial charge in [0.25, 0.3) is 0 Å². The molecule has 10 aromatic rings. The van der Waals surface area contributed by atoms with Crippen LogP contribution in [0.2, 0.25) is 0 Å². The smallest absolute Gasteiger partial charge is 0.159 e. The molecule has 10 rings (SSSR count). The summed E-state index contributed by atoms with van der Waals surface area (Å²) in [6.45, 7) is 0. The number of nitrogens with zero attached hydrogens (tertiary/aromatic N) is 4. The van der Waals surface area contributed by atoms with E-state index in [9.17, 15) is 0 Å². The van der Waals surface area contributed by atoms with E-state index < -0.39 is 0 Å². The van der Waals surface area contributed by atoms with E-state index in [2.05, 4.69) is 133 Å². The maximum absolute atomic E-state index is 5.31. The molecule has 0 aliphatic heterocycles. The van der Waals surface area contributed by atoms with Crippen LogP contribution in [-0.2, 0) is 0 Å². The Hall–Kier alpha value is -6.30. The fraction of sp³-hybridized carbons (Fsp3) is 0. The Labute approximate surface area is 286 Å². The van der Waals surface area contributed by atoms with Crippen molar-refractivity contribution in [3.63, 3.8) is 0 Å². The molecule has 0 spiro atoms. The van der Waals surface area contributed by atoms with Gasteiger partial charge >= 0.3 is 0 Å². The van der Waals surface area contributed by atoms with Gasteiger partial charge in [0.05, 0.1) is 0 Å². The average Bonchev–Trinajstić information content (AvgIpc) is 3.56. The van der Waals surface area contributed by atoms with Crippen molar-refractivity contribution in [2.24, 2.45) is 0 Å². The van der Waals surface area contributed by atoms with Gasteiger partial charge in [-0.1, -0.05) is 103 Å². The summed E-state index contributed by atoms with van der Waals surface area (Å²) in [4.78, 5) is 20.5. The van der Waals surface area contributed by atoms with Crippen molar-refractivity contribution in [1.29, 1.82) is 0 Å². The molecular formula is C44H26N4S. The molecule has 5 heteroatoms. The molecule has 0 aliphatic carbocycles. The lowest BCUT2D eigenvalue weighted by atomic mass is 9.95. The molecule has 0 unspecified atom stereocenters. The fourth-order valence-corrected chi connectivity index (χ4v) is 8.05. The standard InChI is InChI=1S/C44H26N4S/c1-3-11-27(12-4-1)30-21-31(28-13-5-2-6-14-28)23-32(22-30)44-46-26-38-34-16-8-7-15-33(34)37-25-45-43(47-41(37)42(38)48-44)29-19-20-40-36(24-29)35-17-9-10-18-39(35)49-40/h1-26H. The molecule has 0 bridgehead atoms. The van der Waals surface area contributed by atoms with E-state index in [4.69, 9.17) is 19.9 Å². The van der Waals surface area contributed by atoms with E-state index in [-0.39, 0.29) is 0 Å². The lowest BCUT2D eigenvalue weighted by Gasteiger charge is -2.13. The summed E-state index contributed by atoms with van der Waals surface area (Å²) in [7, 11) is 0. The van der Waals surface area contributed by atoms with Gasteiger partial charge in [-0.3, -0.25) is 0 Å². The number of thiophene rings is 1. The van der Waals surface area contributed by atoms with Gasteiger partial charge in [-0.05, 0) is 75.5 Å². The van der Waals surface area contributed by atoms with Crippen molar-refractivity contribution in [3.05, 3.63) is 158 Å². The molecule has 0 saturated heterocycles. The fourth-order valence-electron chi connectivity index (χ4n) is 6.97. The molecule has 3 heterocycles. The van der Waals surface area contributed by atoms with Crippen molar-refractivity contribution in [2.45, 2.75) is 0 Å². The second-order valence-corrected chi connectivity index (χ2v) is 13.4. The van der Waals surface area contributed by atoms with Gasteiger partial charge < -0.3 is 0 Å². The summed E-state index contributed by atoms with van der Waals surface area (Å²) < 4.78 is 2.54. The van der Waals surface area contributed by atoms with Gasteiger partial charge in [0.1, 0.15) is 11.0 Å². The normalized spacial score (nSPS) is 11.7. The second-order valence-electron chi connectivity index (χ2n) is 12.3. The van der Waals surface area contributed by atoms with Gasteiger partial charge in [0.15, 0.2) is 11.6 Å². The predicted octanol–water partition coefficient (Wildman–Crippen LogP) is 11.8. The number of hydrogen-bond acceptors (Lipinski definition) is 5. The quantitative estimate of drug-likeness (QED) is 0.179. The van der Waals surface area contributed by atoms with Gasteiger partial charge in [0.2, 0.25) is 0 Å². The lowest BCUT2D eigenvalue weighted by molar-refractivity contribution is 1.21. The molecule has 0 amide bonds. The van der Waals surface area contributed by atoms with E-state index in [0.29, 0.717) is 11.6 Å². The topological polar surface area (TPSA) is 51.6 Å². The van der Waals surface area contributed by atoms with Crippen LogP contribution in [0.25, 0.3) is 97.8 Å². The monoisotopic (exact) mass is 642 g/mol. The highest BCUT2D eigenvalue weighted by molar-refractivity contribution is 7.25. The first-order valence-electron chi connectivity index (χ1n) is 16.3. The van der Waals surface area contributed by atoms with E-state index in [0.717, 1.165) is 66.0 Å². The van der Waals surface area contributed by atoms with E-state index in [1.54, 1.807) is 0 Å². The highest BCUT2D eigenvalue weighted by Crippen LogP contribution is 2.38. The Bertz CT molecular complexity index is 2820. The molecule has 0 radical (unpaired) electrons. The van der Waals surface area contributed by atoms with Gasteiger partial charge in [-0.2, -0.15) is 0 Å². The SMILES string of the molecule is c1ccc(-c2cc(-c3ccccc3)cc(-c3ncc4c5ccccc5c5cnc(-c6ccc7sc8ccccc8c7c6)nc5c4n3)c2)cc1. The molecule has 0 atom stereocenters. The largest absolute Gasteiger partial charge is 0.236 e. The van der Waals surface area contributed by atoms with Crippen LogP contribution in [0.15, 0.2) is 158 Å². The molecule has 0 fully saturated rings. The third kappa shape index (κ3) is 4.66. The van der Waals surface area contributed by atoms with Gasteiger partial charge in [0, 0.05) is 54.5 Å². The summed E-state index contributed by atoms with van der Waals surface area (Å²) in [6, 6.07) is 51.1. The van der Waals surface area contributed by atoms with E-state index in [1.807, 2.05) is 35.9 Å². The van der Waals surface area contributed by atoms with Crippen molar-refractivity contribution >= 4 is 64.1 Å². The minimum Gasteiger partial charge on any atom is -0.236 e. The maximum atomic E-state index is 5.31. The average molecular weight is 643 g/mol. The number of rotatable bonds is 4. The zero-order valence-electron chi connectivity index (χ0n) is 26.2. The Morgan fingerprint density at radius 3 is 1.43 bits per heavy atom. The Morgan fingerprint density at radius 1 is 0.327 bits per heavy atom. The number of hydrogen-bond donors (Lipinski definition) is 0. The van der Waals surface area contributed by atoms with Crippen LogP contribution in [0.3, 0.4) is 0 Å². The van der Waals surface area contributed by atoms with Crippen LogP contribution in [-0.4, -0.2) is 19.9 Å². The van der Waals surface area contributed by atoms with Gasteiger partial charge in [-0.15, -0.1) is 11.3 Å².